The predicted molar refractivity (Wildman–Crippen MR) is 90.9 cm³/mol. The number of nitrogens with one attached hydrogen (secondary N) is 1. The van der Waals surface area contributed by atoms with Gasteiger partial charge in [0.1, 0.15) is 5.60 Å². The second-order valence-corrected chi connectivity index (χ2v) is 7.31. The molecule has 25 heavy (non-hydrogen) atoms. The Labute approximate surface area is 147 Å². The fourth-order valence-electron chi connectivity index (χ4n) is 2.89. The van der Waals surface area contributed by atoms with Crippen LogP contribution in [0.15, 0.2) is 18.2 Å². The van der Waals surface area contributed by atoms with E-state index in [4.69, 9.17) is 14.2 Å². The van der Waals surface area contributed by atoms with Crippen LogP contribution in [0.1, 0.15) is 44.0 Å². The van der Waals surface area contributed by atoms with Crippen LogP contribution in [0.2, 0.25) is 0 Å². The average Bonchev–Trinajstić information content (AvgIpc) is 3.01. The Morgan fingerprint density at radius 3 is 2.76 bits per heavy atom. The molecule has 3 rings (SSSR count). The van der Waals surface area contributed by atoms with E-state index in [0.717, 1.165) is 12.8 Å². The first-order valence-electron chi connectivity index (χ1n) is 8.50. The van der Waals surface area contributed by atoms with E-state index in [-0.39, 0.29) is 24.8 Å². The van der Waals surface area contributed by atoms with Crippen LogP contribution in [0.25, 0.3) is 0 Å². The predicted octanol–water partition coefficient (Wildman–Crippen LogP) is 2.54. The van der Waals surface area contributed by atoms with Crippen LogP contribution in [0.5, 0.6) is 11.5 Å². The summed E-state index contributed by atoms with van der Waals surface area (Å²) in [5, 5.41) is 2.99. The van der Waals surface area contributed by atoms with Gasteiger partial charge >= 0.3 is 6.09 Å². The Balaban J connectivity index is 1.59. The number of carbonyl (C=O) groups excluding carboxylic acids is 2. The zero-order chi connectivity index (χ0) is 18.0. The zero-order valence-corrected chi connectivity index (χ0v) is 14.8. The summed E-state index contributed by atoms with van der Waals surface area (Å²) in [5.41, 5.74) is -0.0154. The number of ether oxygens (including phenoxy) is 3. The quantitative estimate of drug-likeness (QED) is 0.889. The summed E-state index contributed by atoms with van der Waals surface area (Å²) in [5.74, 6) is 1.03. The molecule has 136 valence electrons. The molecule has 1 aromatic rings. The zero-order valence-electron chi connectivity index (χ0n) is 14.8. The van der Waals surface area contributed by atoms with E-state index in [2.05, 4.69) is 5.32 Å². The van der Waals surface area contributed by atoms with Crippen LogP contribution in [0, 0.1) is 0 Å². The Morgan fingerprint density at radius 1 is 1.24 bits per heavy atom. The van der Waals surface area contributed by atoms with Gasteiger partial charge < -0.3 is 24.4 Å². The third-order valence-corrected chi connectivity index (χ3v) is 4.04. The van der Waals surface area contributed by atoms with E-state index in [0.29, 0.717) is 30.2 Å². The van der Waals surface area contributed by atoms with E-state index in [1.807, 2.05) is 20.8 Å². The molecule has 1 N–H and O–H groups in total. The van der Waals surface area contributed by atoms with Gasteiger partial charge in [-0.15, -0.1) is 0 Å². The van der Waals surface area contributed by atoms with Crippen LogP contribution in [-0.4, -0.2) is 48.4 Å². The number of rotatable bonds is 2. The van der Waals surface area contributed by atoms with Gasteiger partial charge in [-0.25, -0.2) is 4.79 Å². The summed E-state index contributed by atoms with van der Waals surface area (Å²) >= 11 is 0. The van der Waals surface area contributed by atoms with Crippen LogP contribution in [0.4, 0.5) is 4.79 Å². The Bertz CT molecular complexity index is 668. The molecule has 7 nitrogen and oxygen atoms in total. The maximum atomic E-state index is 12.5. The normalized spacial score (nSPS) is 19.5. The molecule has 2 aliphatic rings. The third kappa shape index (κ3) is 4.35. The molecule has 1 atom stereocenters. The molecule has 0 bridgehead atoms. The number of nitrogens with zero attached hydrogens (tertiary/aromatic N) is 1. The van der Waals surface area contributed by atoms with Crippen LogP contribution in [0.3, 0.4) is 0 Å². The van der Waals surface area contributed by atoms with Crippen molar-refractivity contribution in [3.05, 3.63) is 23.8 Å². The lowest BCUT2D eigenvalue weighted by molar-refractivity contribution is 0.0185. The lowest BCUT2D eigenvalue weighted by Crippen LogP contribution is -2.50. The molecule has 1 fully saturated rings. The van der Waals surface area contributed by atoms with Crippen molar-refractivity contribution in [2.24, 2.45) is 0 Å². The second-order valence-electron chi connectivity index (χ2n) is 7.31. The minimum atomic E-state index is -0.528. The molecule has 1 aromatic carbocycles. The maximum Gasteiger partial charge on any atom is 0.410 e. The molecule has 0 aromatic heterocycles. The second kappa shape index (κ2) is 6.82. The van der Waals surface area contributed by atoms with Crippen molar-refractivity contribution in [1.82, 2.24) is 10.2 Å². The number of benzene rings is 1. The van der Waals surface area contributed by atoms with Gasteiger partial charge in [0.15, 0.2) is 11.5 Å². The standard InChI is InChI=1S/C18H24N2O5/c1-18(2,3)25-17(22)20-8-4-5-13(10-20)19-16(21)12-6-7-14-15(9-12)24-11-23-14/h6-7,9,13H,4-5,8,10-11H2,1-3H3,(H,19,21)/t13-/m1/s1. The molecule has 1 saturated heterocycles. The molecule has 2 heterocycles. The van der Waals surface area contributed by atoms with Gasteiger partial charge in [-0.05, 0) is 51.8 Å². The van der Waals surface area contributed by atoms with Crippen molar-refractivity contribution in [3.63, 3.8) is 0 Å². The van der Waals surface area contributed by atoms with Gasteiger partial charge in [-0.1, -0.05) is 0 Å². The molecule has 0 unspecified atom stereocenters. The van der Waals surface area contributed by atoms with E-state index in [1.54, 1.807) is 23.1 Å². The van der Waals surface area contributed by atoms with Gasteiger partial charge in [0, 0.05) is 24.7 Å². The number of fused-ring (bicyclic) bond motifs is 1. The topological polar surface area (TPSA) is 77.1 Å². The molecule has 7 heteroatoms. The van der Waals surface area contributed by atoms with E-state index < -0.39 is 5.60 Å². The summed E-state index contributed by atoms with van der Waals surface area (Å²) in [6, 6.07) is 5.01. The Morgan fingerprint density at radius 2 is 2.00 bits per heavy atom. The molecule has 2 amide bonds. The highest BCUT2D eigenvalue weighted by atomic mass is 16.7. The van der Waals surface area contributed by atoms with Gasteiger partial charge in [0.2, 0.25) is 6.79 Å². The highest BCUT2D eigenvalue weighted by Gasteiger charge is 2.28. The Kier molecular flexibility index (Phi) is 4.74. The summed E-state index contributed by atoms with van der Waals surface area (Å²) in [4.78, 5) is 26.3. The van der Waals surface area contributed by atoms with E-state index >= 15 is 0 Å². The van der Waals surface area contributed by atoms with Gasteiger partial charge in [0.05, 0.1) is 0 Å². The van der Waals surface area contributed by atoms with Crippen molar-refractivity contribution in [2.45, 2.75) is 45.3 Å². The highest BCUT2D eigenvalue weighted by molar-refractivity contribution is 5.95. The van der Waals surface area contributed by atoms with Gasteiger partial charge in [-0.2, -0.15) is 0 Å². The summed E-state index contributed by atoms with van der Waals surface area (Å²) in [6.07, 6.45) is 1.32. The van der Waals surface area contributed by atoms with E-state index in [9.17, 15) is 9.59 Å². The van der Waals surface area contributed by atoms with Gasteiger partial charge in [-0.3, -0.25) is 4.79 Å². The lowest BCUT2D eigenvalue weighted by atomic mass is 10.1. The number of carbonyl (C=O) groups is 2. The third-order valence-electron chi connectivity index (χ3n) is 4.04. The lowest BCUT2D eigenvalue weighted by Gasteiger charge is -2.34. The number of hydrogen-bond donors (Lipinski definition) is 1. The van der Waals surface area contributed by atoms with Crippen molar-refractivity contribution in [2.75, 3.05) is 19.9 Å². The van der Waals surface area contributed by atoms with Crippen molar-refractivity contribution in [3.8, 4) is 11.5 Å². The number of amides is 2. The minimum absolute atomic E-state index is 0.0980. The van der Waals surface area contributed by atoms with Crippen LogP contribution in [-0.2, 0) is 4.74 Å². The largest absolute Gasteiger partial charge is 0.454 e. The van der Waals surface area contributed by atoms with E-state index in [1.165, 1.54) is 0 Å². The van der Waals surface area contributed by atoms with Gasteiger partial charge in [0.25, 0.3) is 5.91 Å². The molecule has 0 aliphatic carbocycles. The number of hydrogen-bond acceptors (Lipinski definition) is 5. The maximum absolute atomic E-state index is 12.5. The number of likely N-dealkylation sites (tertiary alicyclic amines) is 1. The summed E-state index contributed by atoms with van der Waals surface area (Å²) < 4.78 is 16.0. The fourth-order valence-corrected chi connectivity index (χ4v) is 2.89. The fraction of sp³-hybridized carbons (Fsp3) is 0.556. The van der Waals surface area contributed by atoms with Crippen LogP contribution >= 0.6 is 0 Å². The molecular weight excluding hydrogens is 324 g/mol. The summed E-state index contributed by atoms with van der Waals surface area (Å²) in [7, 11) is 0. The SMILES string of the molecule is CC(C)(C)OC(=O)N1CCC[C@@H](NC(=O)c2ccc3c(c2)OCO3)C1. The highest BCUT2D eigenvalue weighted by Crippen LogP contribution is 2.32. The Hall–Kier alpha value is -2.44. The first kappa shape index (κ1) is 17.4. The molecule has 0 spiro atoms. The van der Waals surface area contributed by atoms with Crippen molar-refractivity contribution >= 4 is 12.0 Å². The first-order chi connectivity index (χ1) is 11.8. The monoisotopic (exact) mass is 348 g/mol. The van der Waals surface area contributed by atoms with Crippen LogP contribution < -0.4 is 14.8 Å². The summed E-state index contributed by atoms with van der Waals surface area (Å²) in [6.45, 7) is 6.79. The minimum Gasteiger partial charge on any atom is -0.454 e. The molecule has 2 aliphatic heterocycles. The van der Waals surface area contributed by atoms with Crippen molar-refractivity contribution < 1.29 is 23.8 Å². The average molecular weight is 348 g/mol. The molecule has 0 radical (unpaired) electrons. The first-order valence-corrected chi connectivity index (χ1v) is 8.50. The molecule has 0 saturated carbocycles. The molecular formula is C18H24N2O5. The smallest absolute Gasteiger partial charge is 0.410 e. The number of piperidine rings is 1. The van der Waals surface area contributed by atoms with Crippen molar-refractivity contribution in [1.29, 1.82) is 0 Å².